The molecule has 0 fully saturated rings. The lowest BCUT2D eigenvalue weighted by molar-refractivity contribution is 0.0698. The molecule has 2 N–H and O–H groups in total. The summed E-state index contributed by atoms with van der Waals surface area (Å²) >= 11 is 0.895. The van der Waals surface area contributed by atoms with Crippen LogP contribution in [0.3, 0.4) is 0 Å². The number of thiophene rings is 1. The van der Waals surface area contributed by atoms with Crippen LogP contribution in [0.4, 0.5) is 0 Å². The van der Waals surface area contributed by atoms with Crippen molar-refractivity contribution in [3.63, 3.8) is 0 Å². The first-order valence-electron chi connectivity index (χ1n) is 6.33. The van der Waals surface area contributed by atoms with Gasteiger partial charge in [0.25, 0.3) is 0 Å². The van der Waals surface area contributed by atoms with Crippen LogP contribution >= 0.6 is 11.3 Å². The number of sulfonamides is 1. The Hall–Kier alpha value is -1.70. The third kappa shape index (κ3) is 3.49. The van der Waals surface area contributed by atoms with Crippen molar-refractivity contribution in [2.75, 3.05) is 0 Å². The lowest BCUT2D eigenvalue weighted by atomic mass is 10.1. The van der Waals surface area contributed by atoms with Gasteiger partial charge >= 0.3 is 5.97 Å². The molecule has 0 aliphatic carbocycles. The minimum Gasteiger partial charge on any atom is -0.477 e. The van der Waals surface area contributed by atoms with Gasteiger partial charge in [-0.3, -0.25) is 0 Å². The molecule has 2 rings (SSSR count). The Bertz CT molecular complexity index is 750. The summed E-state index contributed by atoms with van der Waals surface area (Å²) in [7, 11) is -3.84. The van der Waals surface area contributed by atoms with E-state index < -0.39 is 16.0 Å². The van der Waals surface area contributed by atoms with E-state index in [1.54, 1.807) is 0 Å². The lowest BCUT2D eigenvalue weighted by Gasteiger charge is -2.09. The Kier molecular flexibility index (Phi) is 4.76. The van der Waals surface area contributed by atoms with Crippen LogP contribution in [0.5, 0.6) is 0 Å². The van der Waals surface area contributed by atoms with Gasteiger partial charge in [0.2, 0.25) is 10.0 Å². The highest BCUT2D eigenvalue weighted by Gasteiger charge is 2.23. The van der Waals surface area contributed by atoms with Crippen LogP contribution in [0.2, 0.25) is 0 Å². The first-order valence-corrected chi connectivity index (χ1v) is 8.69. The summed E-state index contributed by atoms with van der Waals surface area (Å²) in [4.78, 5) is 10.7. The van der Waals surface area contributed by atoms with E-state index in [1.807, 2.05) is 31.2 Å². The number of benzene rings is 1. The van der Waals surface area contributed by atoms with Crippen molar-refractivity contribution in [1.29, 1.82) is 0 Å². The van der Waals surface area contributed by atoms with Crippen molar-refractivity contribution < 1.29 is 18.3 Å². The molecule has 0 aliphatic heterocycles. The lowest BCUT2D eigenvalue weighted by Crippen LogP contribution is -2.24. The Morgan fingerprint density at radius 3 is 2.52 bits per heavy atom. The molecule has 0 saturated heterocycles. The molecule has 0 atom stereocenters. The zero-order valence-corrected chi connectivity index (χ0v) is 13.0. The highest BCUT2D eigenvalue weighted by Crippen LogP contribution is 2.22. The van der Waals surface area contributed by atoms with Gasteiger partial charge in [-0.1, -0.05) is 31.2 Å². The number of rotatable bonds is 6. The quantitative estimate of drug-likeness (QED) is 0.854. The average Bonchev–Trinajstić information content (AvgIpc) is 2.96. The number of aryl methyl sites for hydroxylation is 1. The van der Waals surface area contributed by atoms with Gasteiger partial charge in [-0.15, -0.1) is 11.3 Å². The number of carbonyl (C=O) groups is 1. The second-order valence-electron chi connectivity index (χ2n) is 4.37. The second kappa shape index (κ2) is 6.38. The van der Waals surface area contributed by atoms with Crippen LogP contribution in [-0.4, -0.2) is 19.5 Å². The third-order valence-corrected chi connectivity index (χ3v) is 5.54. The van der Waals surface area contributed by atoms with E-state index in [1.165, 1.54) is 11.4 Å². The molecule has 1 aromatic carbocycles. The van der Waals surface area contributed by atoms with Crippen LogP contribution in [0.25, 0.3) is 0 Å². The predicted octanol–water partition coefficient (Wildman–Crippen LogP) is 2.49. The number of nitrogens with one attached hydrogen (secondary N) is 1. The molecule has 0 spiro atoms. The van der Waals surface area contributed by atoms with Gasteiger partial charge < -0.3 is 5.11 Å². The maximum Gasteiger partial charge on any atom is 0.347 e. The first kappa shape index (κ1) is 15.7. The normalized spacial score (nSPS) is 11.5. The molecule has 0 amide bonds. The van der Waals surface area contributed by atoms with Crippen LogP contribution in [0, 0.1) is 0 Å². The summed E-state index contributed by atoms with van der Waals surface area (Å²) in [5.41, 5.74) is 1.94. The van der Waals surface area contributed by atoms with Gasteiger partial charge in [0.05, 0.1) is 0 Å². The Balaban J connectivity index is 2.22. The molecule has 1 heterocycles. The fourth-order valence-corrected chi connectivity index (χ4v) is 4.25. The average molecular weight is 325 g/mol. The molecule has 0 aliphatic rings. The molecular weight excluding hydrogens is 310 g/mol. The van der Waals surface area contributed by atoms with Crippen molar-refractivity contribution >= 4 is 27.3 Å². The summed E-state index contributed by atoms with van der Waals surface area (Å²) in [6.07, 6.45) is 0.802. The van der Waals surface area contributed by atoms with E-state index in [4.69, 9.17) is 5.11 Å². The third-order valence-electron chi connectivity index (χ3n) is 3.06. The van der Waals surface area contributed by atoms with Crippen molar-refractivity contribution in [3.05, 3.63) is 51.7 Å². The second-order valence-corrected chi connectivity index (χ2v) is 7.02. The molecule has 0 unspecified atom stereocenters. The molecule has 0 bridgehead atoms. The van der Waals surface area contributed by atoms with Gasteiger partial charge in [0, 0.05) is 6.54 Å². The minimum absolute atomic E-state index is 0.140. The molecule has 2 aromatic rings. The van der Waals surface area contributed by atoms with Crippen molar-refractivity contribution in [1.82, 2.24) is 4.72 Å². The molecule has 0 saturated carbocycles. The van der Waals surface area contributed by atoms with Crippen molar-refractivity contribution in [2.24, 2.45) is 0 Å². The fraction of sp³-hybridized carbons (Fsp3) is 0.214. The zero-order valence-electron chi connectivity index (χ0n) is 11.4. The van der Waals surface area contributed by atoms with Crippen LogP contribution in [0.1, 0.15) is 27.7 Å². The standard InChI is InChI=1S/C14H15NO4S2/c1-2-10-5-3-4-6-11(10)9-15-21(18,19)12-7-8-20-13(12)14(16)17/h3-8,15H,2,9H2,1H3,(H,16,17). The number of aromatic carboxylic acids is 1. The van der Waals surface area contributed by atoms with E-state index >= 15 is 0 Å². The van der Waals surface area contributed by atoms with Gasteiger partial charge in [-0.05, 0) is 29.0 Å². The molecule has 7 heteroatoms. The van der Waals surface area contributed by atoms with Crippen molar-refractivity contribution in [3.8, 4) is 0 Å². The Morgan fingerprint density at radius 1 is 1.24 bits per heavy atom. The fourth-order valence-electron chi connectivity index (χ4n) is 1.99. The number of hydrogen-bond acceptors (Lipinski definition) is 4. The number of carboxylic acid groups (broad SMARTS) is 1. The van der Waals surface area contributed by atoms with Crippen LogP contribution < -0.4 is 4.72 Å². The monoisotopic (exact) mass is 325 g/mol. The highest BCUT2D eigenvalue weighted by atomic mass is 32.2. The Morgan fingerprint density at radius 2 is 1.90 bits per heavy atom. The van der Waals surface area contributed by atoms with Gasteiger partial charge in [-0.25, -0.2) is 17.9 Å². The molecule has 5 nitrogen and oxygen atoms in total. The van der Waals surface area contributed by atoms with Gasteiger partial charge in [-0.2, -0.15) is 0 Å². The predicted molar refractivity (Wildman–Crippen MR) is 81.1 cm³/mol. The van der Waals surface area contributed by atoms with E-state index in [9.17, 15) is 13.2 Å². The number of hydrogen-bond donors (Lipinski definition) is 2. The minimum atomic E-state index is -3.84. The Labute approximate surface area is 127 Å². The first-order chi connectivity index (χ1) is 9.95. The smallest absolute Gasteiger partial charge is 0.347 e. The molecule has 21 heavy (non-hydrogen) atoms. The maximum atomic E-state index is 12.2. The van der Waals surface area contributed by atoms with Crippen LogP contribution in [-0.2, 0) is 23.0 Å². The number of carboxylic acids is 1. The highest BCUT2D eigenvalue weighted by molar-refractivity contribution is 7.89. The summed E-state index contributed by atoms with van der Waals surface area (Å²) < 4.78 is 26.9. The summed E-state index contributed by atoms with van der Waals surface area (Å²) in [5, 5.41) is 10.5. The topological polar surface area (TPSA) is 83.5 Å². The maximum absolute atomic E-state index is 12.2. The van der Waals surface area contributed by atoms with Gasteiger partial charge in [0.1, 0.15) is 9.77 Å². The SMILES string of the molecule is CCc1ccccc1CNS(=O)(=O)c1ccsc1C(=O)O. The van der Waals surface area contributed by atoms with Gasteiger partial charge in [0.15, 0.2) is 0 Å². The largest absolute Gasteiger partial charge is 0.477 e. The van der Waals surface area contributed by atoms with E-state index in [2.05, 4.69) is 4.72 Å². The van der Waals surface area contributed by atoms with E-state index in [-0.39, 0.29) is 16.3 Å². The van der Waals surface area contributed by atoms with E-state index in [0.717, 1.165) is 28.9 Å². The summed E-state index contributed by atoms with van der Waals surface area (Å²) in [6, 6.07) is 8.85. The molecule has 112 valence electrons. The summed E-state index contributed by atoms with van der Waals surface area (Å²) in [6.45, 7) is 2.13. The van der Waals surface area contributed by atoms with Crippen molar-refractivity contribution in [2.45, 2.75) is 24.8 Å². The summed E-state index contributed by atoms with van der Waals surface area (Å²) in [5.74, 6) is -1.24. The molecule has 0 radical (unpaired) electrons. The zero-order chi connectivity index (χ0) is 15.5. The van der Waals surface area contributed by atoms with Crippen LogP contribution in [0.15, 0.2) is 40.6 Å². The van der Waals surface area contributed by atoms with E-state index in [0.29, 0.717) is 0 Å². The molecular formula is C14H15NO4S2. The molecule has 1 aromatic heterocycles.